The Hall–Kier alpha value is -0.860. The molecule has 1 aliphatic carbocycles. The van der Waals surface area contributed by atoms with Crippen LogP contribution in [0.4, 0.5) is 0 Å². The molecule has 112 valence electrons. The molecule has 2 rings (SSSR count). The molecule has 2 nitrogen and oxygen atoms in total. The maximum atomic E-state index is 3.63. The Kier molecular flexibility index (Phi) is 5.62. The lowest BCUT2D eigenvalue weighted by atomic mass is 10.0. The summed E-state index contributed by atoms with van der Waals surface area (Å²) in [5.41, 5.74) is 2.93. The van der Waals surface area contributed by atoms with Crippen LogP contribution in [0.3, 0.4) is 0 Å². The van der Waals surface area contributed by atoms with Crippen molar-refractivity contribution in [2.75, 3.05) is 7.05 Å². The highest BCUT2D eigenvalue weighted by atomic mass is 15.1. The van der Waals surface area contributed by atoms with Crippen molar-refractivity contribution in [1.29, 1.82) is 0 Å². The van der Waals surface area contributed by atoms with E-state index in [2.05, 4.69) is 62.3 Å². The van der Waals surface area contributed by atoms with Crippen molar-refractivity contribution >= 4 is 0 Å². The van der Waals surface area contributed by atoms with E-state index in [4.69, 9.17) is 0 Å². The molecule has 1 saturated carbocycles. The monoisotopic (exact) mass is 274 g/mol. The van der Waals surface area contributed by atoms with Crippen LogP contribution in [-0.2, 0) is 13.1 Å². The SMILES string of the molecule is CC(C)CC(C)N(C)Cc1ccccc1CNC1CC1. The Labute approximate surface area is 124 Å². The van der Waals surface area contributed by atoms with Crippen LogP contribution in [0.25, 0.3) is 0 Å². The maximum absolute atomic E-state index is 3.63. The lowest BCUT2D eigenvalue weighted by Crippen LogP contribution is -2.30. The minimum Gasteiger partial charge on any atom is -0.310 e. The summed E-state index contributed by atoms with van der Waals surface area (Å²) in [7, 11) is 2.25. The van der Waals surface area contributed by atoms with Crippen LogP contribution in [0.15, 0.2) is 24.3 Å². The molecule has 20 heavy (non-hydrogen) atoms. The fraction of sp³-hybridized carbons (Fsp3) is 0.667. The summed E-state index contributed by atoms with van der Waals surface area (Å²) in [5, 5.41) is 3.63. The highest BCUT2D eigenvalue weighted by molar-refractivity contribution is 5.27. The van der Waals surface area contributed by atoms with Crippen LogP contribution in [0.5, 0.6) is 0 Å². The van der Waals surface area contributed by atoms with Crippen molar-refractivity contribution in [2.45, 2.75) is 65.2 Å². The molecule has 0 aromatic heterocycles. The van der Waals surface area contributed by atoms with Gasteiger partial charge in [-0.2, -0.15) is 0 Å². The largest absolute Gasteiger partial charge is 0.310 e. The third kappa shape index (κ3) is 4.92. The maximum Gasteiger partial charge on any atom is 0.0236 e. The van der Waals surface area contributed by atoms with E-state index in [-0.39, 0.29) is 0 Å². The molecule has 0 heterocycles. The zero-order chi connectivity index (χ0) is 14.5. The van der Waals surface area contributed by atoms with Gasteiger partial charge in [0.05, 0.1) is 0 Å². The summed E-state index contributed by atoms with van der Waals surface area (Å²) in [4.78, 5) is 2.48. The third-order valence-corrected chi connectivity index (χ3v) is 4.26. The minimum absolute atomic E-state index is 0.638. The number of hydrogen-bond donors (Lipinski definition) is 1. The molecule has 1 N–H and O–H groups in total. The molecule has 1 atom stereocenters. The van der Waals surface area contributed by atoms with E-state index in [1.807, 2.05) is 0 Å². The number of nitrogens with zero attached hydrogens (tertiary/aromatic N) is 1. The molecule has 0 bridgehead atoms. The second kappa shape index (κ2) is 7.24. The van der Waals surface area contributed by atoms with Gasteiger partial charge in [-0.3, -0.25) is 4.90 Å². The summed E-state index contributed by atoms with van der Waals surface area (Å²) >= 11 is 0. The number of benzene rings is 1. The van der Waals surface area contributed by atoms with Gasteiger partial charge in [0.25, 0.3) is 0 Å². The fourth-order valence-corrected chi connectivity index (χ4v) is 2.71. The van der Waals surface area contributed by atoms with Crippen molar-refractivity contribution in [3.05, 3.63) is 35.4 Å². The van der Waals surface area contributed by atoms with Crippen LogP contribution >= 0.6 is 0 Å². The Morgan fingerprint density at radius 2 is 1.80 bits per heavy atom. The van der Waals surface area contributed by atoms with Crippen molar-refractivity contribution in [3.63, 3.8) is 0 Å². The molecule has 0 radical (unpaired) electrons. The number of nitrogens with one attached hydrogen (secondary N) is 1. The van der Waals surface area contributed by atoms with Gasteiger partial charge < -0.3 is 5.32 Å². The zero-order valence-corrected chi connectivity index (χ0v) is 13.5. The van der Waals surface area contributed by atoms with E-state index in [9.17, 15) is 0 Å². The molecule has 1 aromatic carbocycles. The van der Waals surface area contributed by atoms with Crippen LogP contribution < -0.4 is 5.32 Å². The topological polar surface area (TPSA) is 15.3 Å². The fourth-order valence-electron chi connectivity index (χ4n) is 2.71. The normalized spacial score (nSPS) is 16.9. The minimum atomic E-state index is 0.638. The van der Waals surface area contributed by atoms with Crippen LogP contribution in [-0.4, -0.2) is 24.0 Å². The molecule has 1 aliphatic rings. The van der Waals surface area contributed by atoms with E-state index < -0.39 is 0 Å². The first-order valence-electron chi connectivity index (χ1n) is 8.06. The molecule has 0 aliphatic heterocycles. The van der Waals surface area contributed by atoms with Gasteiger partial charge in [0.2, 0.25) is 0 Å². The Bertz CT molecular complexity index is 410. The Morgan fingerprint density at radius 1 is 1.15 bits per heavy atom. The molecule has 1 aromatic rings. The van der Waals surface area contributed by atoms with Crippen molar-refractivity contribution < 1.29 is 0 Å². The number of rotatable bonds is 8. The van der Waals surface area contributed by atoms with Gasteiger partial charge in [-0.25, -0.2) is 0 Å². The second-order valence-corrected chi connectivity index (χ2v) is 6.82. The van der Waals surface area contributed by atoms with E-state index >= 15 is 0 Å². The van der Waals surface area contributed by atoms with Crippen LogP contribution in [0.1, 0.15) is 51.2 Å². The van der Waals surface area contributed by atoms with E-state index in [0.717, 1.165) is 25.0 Å². The molecular weight excluding hydrogens is 244 g/mol. The summed E-state index contributed by atoms with van der Waals surface area (Å²) < 4.78 is 0. The highest BCUT2D eigenvalue weighted by Gasteiger charge is 2.20. The molecule has 1 fully saturated rings. The average Bonchev–Trinajstić information content (AvgIpc) is 3.21. The van der Waals surface area contributed by atoms with Crippen molar-refractivity contribution in [2.24, 2.45) is 5.92 Å². The van der Waals surface area contributed by atoms with Gasteiger partial charge in [-0.05, 0) is 50.3 Å². The van der Waals surface area contributed by atoms with Gasteiger partial charge in [0.15, 0.2) is 0 Å². The first kappa shape index (κ1) is 15.5. The first-order valence-corrected chi connectivity index (χ1v) is 8.06. The highest BCUT2D eigenvalue weighted by Crippen LogP contribution is 2.21. The summed E-state index contributed by atoms with van der Waals surface area (Å²) in [6, 6.07) is 10.3. The van der Waals surface area contributed by atoms with Crippen molar-refractivity contribution in [3.8, 4) is 0 Å². The van der Waals surface area contributed by atoms with Crippen LogP contribution in [0.2, 0.25) is 0 Å². The lowest BCUT2D eigenvalue weighted by Gasteiger charge is -2.27. The quantitative estimate of drug-likeness (QED) is 0.775. The van der Waals surface area contributed by atoms with Crippen LogP contribution in [0, 0.1) is 5.92 Å². The van der Waals surface area contributed by atoms with Gasteiger partial charge in [0, 0.05) is 25.2 Å². The summed E-state index contributed by atoms with van der Waals surface area (Å²) in [6.45, 7) is 9.02. The second-order valence-electron chi connectivity index (χ2n) is 6.82. The predicted molar refractivity (Wildman–Crippen MR) is 86.7 cm³/mol. The van der Waals surface area contributed by atoms with Gasteiger partial charge in [-0.1, -0.05) is 38.1 Å². The average molecular weight is 274 g/mol. The third-order valence-electron chi connectivity index (χ3n) is 4.26. The molecule has 0 spiro atoms. The number of hydrogen-bond acceptors (Lipinski definition) is 2. The van der Waals surface area contributed by atoms with E-state index in [1.54, 1.807) is 0 Å². The van der Waals surface area contributed by atoms with E-state index in [1.165, 1.54) is 30.4 Å². The summed E-state index contributed by atoms with van der Waals surface area (Å²) in [5.74, 6) is 0.763. The molecular formula is C18H30N2. The molecule has 2 heteroatoms. The Balaban J connectivity index is 1.92. The Morgan fingerprint density at radius 3 is 2.40 bits per heavy atom. The zero-order valence-electron chi connectivity index (χ0n) is 13.5. The smallest absolute Gasteiger partial charge is 0.0236 e. The van der Waals surface area contributed by atoms with Gasteiger partial charge in [0.1, 0.15) is 0 Å². The lowest BCUT2D eigenvalue weighted by molar-refractivity contribution is 0.220. The first-order chi connectivity index (χ1) is 9.56. The van der Waals surface area contributed by atoms with Gasteiger partial charge in [-0.15, -0.1) is 0 Å². The summed E-state index contributed by atoms with van der Waals surface area (Å²) in [6.07, 6.45) is 3.97. The molecule has 1 unspecified atom stereocenters. The molecule has 0 amide bonds. The standard InChI is InChI=1S/C18H30N2/c1-14(2)11-15(3)20(4)13-17-8-6-5-7-16(17)12-19-18-9-10-18/h5-8,14-15,18-19H,9-13H2,1-4H3. The van der Waals surface area contributed by atoms with Crippen molar-refractivity contribution in [1.82, 2.24) is 10.2 Å². The predicted octanol–water partition coefficient (Wildman–Crippen LogP) is 3.81. The molecule has 0 saturated heterocycles. The van der Waals surface area contributed by atoms with Gasteiger partial charge >= 0.3 is 0 Å². The van der Waals surface area contributed by atoms with E-state index in [0.29, 0.717) is 6.04 Å².